The molecule has 1 aromatic carbocycles. The molecule has 1 atom stereocenters. The minimum Gasteiger partial charge on any atom is -0.316 e. The van der Waals surface area contributed by atoms with E-state index in [9.17, 15) is 0 Å². The van der Waals surface area contributed by atoms with Crippen molar-refractivity contribution < 1.29 is 0 Å². The number of likely N-dealkylation sites (N-methyl/N-ethyl adjacent to an activating group) is 1. The van der Waals surface area contributed by atoms with Crippen LogP contribution in [0.2, 0.25) is 0 Å². The van der Waals surface area contributed by atoms with Gasteiger partial charge in [0.05, 0.1) is 5.69 Å². The van der Waals surface area contributed by atoms with Crippen LogP contribution in [0.1, 0.15) is 36.7 Å². The molecular formula is C18H25N3. The zero-order valence-electron chi connectivity index (χ0n) is 13.2. The van der Waals surface area contributed by atoms with Crippen LogP contribution in [0.15, 0.2) is 36.5 Å². The average molecular weight is 283 g/mol. The van der Waals surface area contributed by atoms with Gasteiger partial charge in [-0.15, -0.1) is 0 Å². The monoisotopic (exact) mass is 283 g/mol. The van der Waals surface area contributed by atoms with Gasteiger partial charge in [-0.2, -0.15) is 5.10 Å². The molecule has 0 saturated heterocycles. The van der Waals surface area contributed by atoms with E-state index in [-0.39, 0.29) is 0 Å². The molecule has 0 radical (unpaired) electrons. The van der Waals surface area contributed by atoms with E-state index in [0.29, 0.717) is 18.0 Å². The smallest absolute Gasteiger partial charge is 0.0640 e. The van der Waals surface area contributed by atoms with Gasteiger partial charge in [0.2, 0.25) is 0 Å². The highest BCUT2D eigenvalue weighted by Crippen LogP contribution is 2.29. The summed E-state index contributed by atoms with van der Waals surface area (Å²) in [5.41, 5.74) is 4.24. The first kappa shape index (κ1) is 14.3. The predicted octanol–water partition coefficient (Wildman–Crippen LogP) is 3.01. The van der Waals surface area contributed by atoms with Crippen LogP contribution in [0.25, 0.3) is 0 Å². The van der Waals surface area contributed by atoms with E-state index in [1.54, 1.807) is 0 Å². The van der Waals surface area contributed by atoms with Crippen molar-refractivity contribution in [3.05, 3.63) is 53.3 Å². The molecule has 112 valence electrons. The van der Waals surface area contributed by atoms with Gasteiger partial charge in [0.1, 0.15) is 0 Å². The van der Waals surface area contributed by atoms with Crippen molar-refractivity contribution in [1.82, 2.24) is 15.1 Å². The zero-order valence-corrected chi connectivity index (χ0v) is 13.2. The third-order valence-electron chi connectivity index (χ3n) is 4.64. The second-order valence-electron chi connectivity index (χ2n) is 6.42. The van der Waals surface area contributed by atoms with Gasteiger partial charge in [-0.1, -0.05) is 24.3 Å². The second-order valence-corrected chi connectivity index (χ2v) is 6.42. The summed E-state index contributed by atoms with van der Waals surface area (Å²) in [4.78, 5) is 0. The number of rotatable bonds is 5. The molecule has 21 heavy (non-hydrogen) atoms. The van der Waals surface area contributed by atoms with E-state index in [1.165, 1.54) is 29.7 Å². The molecule has 1 aliphatic carbocycles. The molecule has 0 aliphatic heterocycles. The molecule has 3 heteroatoms. The highest BCUT2D eigenvalue weighted by Gasteiger charge is 2.28. The maximum absolute atomic E-state index is 4.69. The lowest BCUT2D eigenvalue weighted by Crippen LogP contribution is -2.36. The number of aromatic nitrogens is 2. The summed E-state index contributed by atoms with van der Waals surface area (Å²) in [6.07, 6.45) is 5.48. The van der Waals surface area contributed by atoms with Gasteiger partial charge < -0.3 is 5.32 Å². The molecule has 0 saturated carbocycles. The summed E-state index contributed by atoms with van der Waals surface area (Å²) in [6, 6.07) is 11.9. The first-order valence-corrected chi connectivity index (χ1v) is 7.95. The molecule has 3 nitrogen and oxygen atoms in total. The van der Waals surface area contributed by atoms with Gasteiger partial charge in [0.25, 0.3) is 0 Å². The molecule has 0 amide bonds. The predicted molar refractivity (Wildman–Crippen MR) is 86.5 cm³/mol. The van der Waals surface area contributed by atoms with Crippen molar-refractivity contribution in [2.75, 3.05) is 7.05 Å². The van der Waals surface area contributed by atoms with E-state index in [4.69, 9.17) is 5.10 Å². The van der Waals surface area contributed by atoms with Crippen molar-refractivity contribution in [2.45, 2.75) is 45.2 Å². The first-order valence-electron chi connectivity index (χ1n) is 7.95. The number of hydrogen-bond donors (Lipinski definition) is 1. The second kappa shape index (κ2) is 6.02. The SMILES string of the molecule is CNC(Cc1ccn(C(C)C)n1)C1Cc2ccccc2C1. The maximum atomic E-state index is 4.69. The Labute approximate surface area is 127 Å². The Kier molecular flexibility index (Phi) is 4.11. The fraction of sp³-hybridized carbons (Fsp3) is 0.500. The van der Waals surface area contributed by atoms with Crippen LogP contribution in [0.5, 0.6) is 0 Å². The molecule has 3 rings (SSSR count). The van der Waals surface area contributed by atoms with E-state index in [2.05, 4.69) is 62.7 Å². The molecule has 0 bridgehead atoms. The maximum Gasteiger partial charge on any atom is 0.0640 e. The Balaban J connectivity index is 1.69. The van der Waals surface area contributed by atoms with Gasteiger partial charge in [0.15, 0.2) is 0 Å². The van der Waals surface area contributed by atoms with Crippen LogP contribution < -0.4 is 5.32 Å². The van der Waals surface area contributed by atoms with E-state index >= 15 is 0 Å². The Morgan fingerprint density at radius 3 is 2.38 bits per heavy atom. The minimum absolute atomic E-state index is 0.433. The van der Waals surface area contributed by atoms with Crippen LogP contribution in [0.3, 0.4) is 0 Å². The van der Waals surface area contributed by atoms with E-state index in [0.717, 1.165) is 6.42 Å². The third kappa shape index (κ3) is 3.03. The molecule has 0 spiro atoms. The Hall–Kier alpha value is -1.61. The molecule has 1 heterocycles. The first-order chi connectivity index (χ1) is 10.2. The summed E-state index contributed by atoms with van der Waals surface area (Å²) >= 11 is 0. The van der Waals surface area contributed by atoms with E-state index in [1.807, 2.05) is 4.68 Å². The lowest BCUT2D eigenvalue weighted by molar-refractivity contribution is 0.378. The molecule has 1 N–H and O–H groups in total. The van der Waals surface area contributed by atoms with Gasteiger partial charge in [-0.05, 0) is 56.8 Å². The van der Waals surface area contributed by atoms with Gasteiger partial charge >= 0.3 is 0 Å². The van der Waals surface area contributed by atoms with Gasteiger partial charge in [-0.25, -0.2) is 0 Å². The van der Waals surface area contributed by atoms with Gasteiger partial charge in [0, 0.05) is 24.7 Å². The molecule has 1 aromatic heterocycles. The summed E-state index contributed by atoms with van der Waals surface area (Å²) in [6.45, 7) is 4.33. The largest absolute Gasteiger partial charge is 0.316 e. The van der Waals surface area contributed by atoms with Crippen molar-refractivity contribution in [3.8, 4) is 0 Å². The van der Waals surface area contributed by atoms with Crippen LogP contribution in [0, 0.1) is 5.92 Å². The number of benzene rings is 1. The Morgan fingerprint density at radius 1 is 1.19 bits per heavy atom. The lowest BCUT2D eigenvalue weighted by Gasteiger charge is -2.22. The highest BCUT2D eigenvalue weighted by molar-refractivity contribution is 5.32. The van der Waals surface area contributed by atoms with Crippen molar-refractivity contribution >= 4 is 0 Å². The normalized spacial score (nSPS) is 16.4. The van der Waals surface area contributed by atoms with Crippen LogP contribution in [-0.4, -0.2) is 22.9 Å². The fourth-order valence-electron chi connectivity index (χ4n) is 3.38. The Morgan fingerprint density at radius 2 is 1.86 bits per heavy atom. The highest BCUT2D eigenvalue weighted by atomic mass is 15.3. The Bertz CT molecular complexity index is 575. The lowest BCUT2D eigenvalue weighted by atomic mass is 9.93. The topological polar surface area (TPSA) is 29.9 Å². The summed E-state index contributed by atoms with van der Waals surface area (Å²) in [7, 11) is 2.08. The minimum atomic E-state index is 0.433. The summed E-state index contributed by atoms with van der Waals surface area (Å²) < 4.78 is 2.05. The molecule has 0 fully saturated rings. The number of fused-ring (bicyclic) bond motifs is 1. The summed E-state index contributed by atoms with van der Waals surface area (Å²) in [5, 5.41) is 8.21. The molecule has 1 aliphatic rings. The molecule has 1 unspecified atom stereocenters. The summed E-state index contributed by atoms with van der Waals surface area (Å²) in [5.74, 6) is 0.677. The fourth-order valence-corrected chi connectivity index (χ4v) is 3.38. The van der Waals surface area contributed by atoms with Gasteiger partial charge in [-0.3, -0.25) is 4.68 Å². The number of nitrogens with one attached hydrogen (secondary N) is 1. The number of hydrogen-bond acceptors (Lipinski definition) is 2. The zero-order chi connectivity index (χ0) is 14.8. The van der Waals surface area contributed by atoms with Crippen LogP contribution >= 0.6 is 0 Å². The quantitative estimate of drug-likeness (QED) is 0.914. The van der Waals surface area contributed by atoms with E-state index < -0.39 is 0 Å². The third-order valence-corrected chi connectivity index (χ3v) is 4.64. The number of nitrogens with zero attached hydrogens (tertiary/aromatic N) is 2. The van der Waals surface area contributed by atoms with Crippen LogP contribution in [-0.2, 0) is 19.3 Å². The van der Waals surface area contributed by atoms with Crippen molar-refractivity contribution in [1.29, 1.82) is 0 Å². The standard InChI is InChI=1S/C18H25N3/c1-13(2)21-9-8-17(20-21)12-18(19-3)16-10-14-6-4-5-7-15(14)11-16/h4-9,13,16,18-19H,10-12H2,1-3H3. The molecule has 2 aromatic rings. The van der Waals surface area contributed by atoms with Crippen LogP contribution in [0.4, 0.5) is 0 Å². The average Bonchev–Trinajstić information content (AvgIpc) is 3.11. The van der Waals surface area contributed by atoms with Crippen molar-refractivity contribution in [3.63, 3.8) is 0 Å². The molecular weight excluding hydrogens is 258 g/mol. The van der Waals surface area contributed by atoms with Crippen molar-refractivity contribution in [2.24, 2.45) is 5.92 Å².